The summed E-state index contributed by atoms with van der Waals surface area (Å²) >= 11 is 0. The van der Waals surface area contributed by atoms with Crippen molar-refractivity contribution < 1.29 is 9.90 Å². The number of phenolic OH excluding ortho intramolecular Hbond substituents is 1. The van der Waals surface area contributed by atoms with Gasteiger partial charge in [0.2, 0.25) is 0 Å². The van der Waals surface area contributed by atoms with Crippen molar-refractivity contribution in [3.8, 4) is 5.75 Å². The van der Waals surface area contributed by atoms with E-state index in [9.17, 15) is 9.90 Å². The number of carbonyl (C=O) groups excluding carboxylic acids is 1. The molecule has 0 amide bonds. The maximum absolute atomic E-state index is 12.4. The highest BCUT2D eigenvalue weighted by Gasteiger charge is 2.08. The Labute approximate surface area is 193 Å². The van der Waals surface area contributed by atoms with E-state index in [0.29, 0.717) is 5.56 Å². The average molecular weight is 429 g/mol. The van der Waals surface area contributed by atoms with Crippen LogP contribution in [0.2, 0.25) is 0 Å². The van der Waals surface area contributed by atoms with E-state index in [4.69, 9.17) is 0 Å². The molecule has 0 spiro atoms. The molecule has 0 unspecified atom stereocenters. The molecule has 0 fully saturated rings. The summed E-state index contributed by atoms with van der Waals surface area (Å²) in [5, 5.41) is 10.3. The Morgan fingerprint density at radius 1 is 0.844 bits per heavy atom. The number of ketones is 1. The molecule has 0 aliphatic carbocycles. The molecule has 0 bridgehead atoms. The Balaban J connectivity index is 1.87. The summed E-state index contributed by atoms with van der Waals surface area (Å²) in [5.74, 6) is -0.164. The molecule has 0 atom stereocenters. The second kappa shape index (κ2) is 13.3. The third-order valence-corrected chi connectivity index (χ3v) is 5.36. The van der Waals surface area contributed by atoms with Crippen molar-refractivity contribution in [1.29, 1.82) is 0 Å². The van der Waals surface area contributed by atoms with E-state index in [0.717, 1.165) is 43.2 Å². The lowest BCUT2D eigenvalue weighted by Crippen LogP contribution is -1.96. The lowest BCUT2D eigenvalue weighted by Gasteiger charge is -2.05. The zero-order chi connectivity index (χ0) is 23.3. The highest BCUT2D eigenvalue weighted by molar-refractivity contribution is 6.08. The first-order valence-corrected chi connectivity index (χ1v) is 11.4. The minimum atomic E-state index is -0.198. The number of benzene rings is 2. The van der Waals surface area contributed by atoms with Crippen molar-refractivity contribution >= 4 is 11.9 Å². The summed E-state index contributed by atoms with van der Waals surface area (Å²) in [4.78, 5) is 12.4. The quantitative estimate of drug-likeness (QED) is 0.222. The molecule has 0 saturated carbocycles. The van der Waals surface area contributed by atoms with Gasteiger partial charge < -0.3 is 5.11 Å². The zero-order valence-electron chi connectivity index (χ0n) is 19.9. The first-order chi connectivity index (χ1) is 15.3. The van der Waals surface area contributed by atoms with E-state index in [1.807, 2.05) is 36.4 Å². The second-order valence-electron chi connectivity index (χ2n) is 8.62. The van der Waals surface area contributed by atoms with Crippen LogP contribution in [0.5, 0.6) is 5.75 Å². The van der Waals surface area contributed by atoms with Crippen molar-refractivity contribution in [3.05, 3.63) is 106 Å². The molecule has 0 saturated heterocycles. The molecule has 2 aromatic carbocycles. The van der Waals surface area contributed by atoms with Gasteiger partial charge in [-0.25, -0.2) is 0 Å². The van der Waals surface area contributed by atoms with Gasteiger partial charge in [-0.2, -0.15) is 0 Å². The maximum atomic E-state index is 12.4. The molecule has 0 radical (unpaired) electrons. The molecule has 2 nitrogen and oxygen atoms in total. The number of phenols is 1. The number of carbonyl (C=O) groups is 1. The molecule has 0 aliphatic heterocycles. The summed E-state index contributed by atoms with van der Waals surface area (Å²) < 4.78 is 0. The van der Waals surface area contributed by atoms with Crippen LogP contribution < -0.4 is 0 Å². The number of hydrogen-bond donors (Lipinski definition) is 1. The zero-order valence-corrected chi connectivity index (χ0v) is 19.9. The molecule has 32 heavy (non-hydrogen) atoms. The van der Waals surface area contributed by atoms with Gasteiger partial charge in [-0.15, -0.1) is 0 Å². The Hall–Kier alpha value is -3.13. The standard InChI is InChI=1S/C30H36O2/c1-23(2)10-8-11-24(3)12-9-13-25(4)16-17-27-18-20-28(30(32)22-27)29(31)21-19-26-14-6-5-7-15-26/h5-7,10,12,14-16,18-22,32H,8-9,11,13,17H2,1-4H3/b21-19+,24-12?,25-16?. The molecule has 168 valence electrons. The smallest absolute Gasteiger partial charge is 0.189 e. The second-order valence-corrected chi connectivity index (χ2v) is 8.62. The SMILES string of the molecule is CC(C)=CCCC(C)=CCCC(C)=CCc1ccc(C(=O)/C=C/c2ccccc2)c(O)c1. The van der Waals surface area contributed by atoms with E-state index in [1.165, 1.54) is 22.8 Å². The molecule has 2 rings (SSSR count). The van der Waals surface area contributed by atoms with E-state index in [2.05, 4.69) is 45.9 Å². The fourth-order valence-corrected chi connectivity index (χ4v) is 3.37. The lowest BCUT2D eigenvalue weighted by molar-refractivity contribution is 0.104. The minimum Gasteiger partial charge on any atom is -0.507 e. The highest BCUT2D eigenvalue weighted by atomic mass is 16.3. The monoisotopic (exact) mass is 428 g/mol. The predicted octanol–water partition coefficient (Wildman–Crippen LogP) is 8.25. The Morgan fingerprint density at radius 3 is 2.16 bits per heavy atom. The third kappa shape index (κ3) is 9.34. The van der Waals surface area contributed by atoms with Crippen LogP contribution >= 0.6 is 0 Å². The lowest BCUT2D eigenvalue weighted by atomic mass is 10.0. The van der Waals surface area contributed by atoms with E-state index >= 15 is 0 Å². The molecule has 2 heteroatoms. The summed E-state index contributed by atoms with van der Waals surface area (Å²) in [6, 6.07) is 15.0. The Kier molecular flexibility index (Phi) is 10.5. The van der Waals surface area contributed by atoms with Gasteiger partial charge in [-0.3, -0.25) is 4.79 Å². The molecule has 1 N–H and O–H groups in total. The molecule has 0 aromatic heterocycles. The van der Waals surface area contributed by atoms with E-state index in [1.54, 1.807) is 18.2 Å². The summed E-state index contributed by atoms with van der Waals surface area (Å²) in [7, 11) is 0. The first kappa shape index (κ1) is 25.1. The van der Waals surface area contributed by atoms with Gasteiger partial charge in [0.1, 0.15) is 5.75 Å². The molecule has 2 aromatic rings. The van der Waals surface area contributed by atoms with Crippen molar-refractivity contribution in [2.24, 2.45) is 0 Å². The number of rotatable bonds is 11. The number of allylic oxidation sites excluding steroid dienone is 7. The van der Waals surface area contributed by atoms with Gasteiger partial charge in [0.25, 0.3) is 0 Å². The third-order valence-electron chi connectivity index (χ3n) is 5.36. The molecular weight excluding hydrogens is 392 g/mol. The van der Waals surface area contributed by atoms with Crippen molar-refractivity contribution in [2.75, 3.05) is 0 Å². The molecule has 0 aliphatic rings. The van der Waals surface area contributed by atoms with Crippen LogP contribution in [0.4, 0.5) is 0 Å². The van der Waals surface area contributed by atoms with Crippen LogP contribution in [0.1, 0.15) is 74.9 Å². The molecule has 0 heterocycles. The minimum absolute atomic E-state index is 0.0335. The Morgan fingerprint density at radius 2 is 1.50 bits per heavy atom. The fraction of sp³-hybridized carbons (Fsp3) is 0.300. The average Bonchev–Trinajstić information content (AvgIpc) is 2.76. The van der Waals surface area contributed by atoms with Crippen LogP contribution in [0.3, 0.4) is 0 Å². The fourth-order valence-electron chi connectivity index (χ4n) is 3.37. The van der Waals surface area contributed by atoms with Gasteiger partial charge in [0.05, 0.1) is 5.56 Å². The highest BCUT2D eigenvalue weighted by Crippen LogP contribution is 2.21. The van der Waals surface area contributed by atoms with Crippen LogP contribution in [0.25, 0.3) is 6.08 Å². The maximum Gasteiger partial charge on any atom is 0.189 e. The van der Waals surface area contributed by atoms with Gasteiger partial charge in [-0.1, -0.05) is 77.4 Å². The largest absolute Gasteiger partial charge is 0.507 e. The van der Waals surface area contributed by atoms with Crippen molar-refractivity contribution in [2.45, 2.75) is 59.8 Å². The van der Waals surface area contributed by atoms with Gasteiger partial charge >= 0.3 is 0 Å². The summed E-state index contributed by atoms with van der Waals surface area (Å²) in [5.41, 5.74) is 6.44. The van der Waals surface area contributed by atoms with Gasteiger partial charge in [0.15, 0.2) is 5.78 Å². The van der Waals surface area contributed by atoms with Gasteiger partial charge in [-0.05, 0) is 89.1 Å². The summed E-state index contributed by atoms with van der Waals surface area (Å²) in [6.07, 6.45) is 15.2. The summed E-state index contributed by atoms with van der Waals surface area (Å²) in [6.45, 7) is 8.64. The Bertz CT molecular complexity index is 1000. The number of hydrogen-bond acceptors (Lipinski definition) is 2. The van der Waals surface area contributed by atoms with E-state index < -0.39 is 0 Å². The first-order valence-electron chi connectivity index (χ1n) is 11.4. The topological polar surface area (TPSA) is 37.3 Å². The van der Waals surface area contributed by atoms with Crippen LogP contribution in [0.15, 0.2) is 89.6 Å². The van der Waals surface area contributed by atoms with Crippen LogP contribution in [-0.2, 0) is 6.42 Å². The van der Waals surface area contributed by atoms with Crippen molar-refractivity contribution in [3.63, 3.8) is 0 Å². The molecular formula is C30H36O2. The van der Waals surface area contributed by atoms with Gasteiger partial charge in [0, 0.05) is 0 Å². The predicted molar refractivity (Wildman–Crippen MR) is 137 cm³/mol. The van der Waals surface area contributed by atoms with Crippen LogP contribution in [-0.4, -0.2) is 10.9 Å². The number of aromatic hydroxyl groups is 1. The van der Waals surface area contributed by atoms with Crippen LogP contribution in [0, 0.1) is 0 Å². The normalized spacial score (nSPS) is 12.2. The van der Waals surface area contributed by atoms with Crippen molar-refractivity contribution in [1.82, 2.24) is 0 Å². The van der Waals surface area contributed by atoms with E-state index in [-0.39, 0.29) is 11.5 Å².